The highest BCUT2D eigenvalue weighted by atomic mass is 35.5. The van der Waals surface area contributed by atoms with Gasteiger partial charge in [-0.2, -0.15) is 0 Å². The van der Waals surface area contributed by atoms with E-state index in [0.717, 1.165) is 64.3 Å². The van der Waals surface area contributed by atoms with Gasteiger partial charge in [0, 0.05) is 42.6 Å². The lowest BCUT2D eigenvalue weighted by Crippen LogP contribution is -2.39. The molecule has 3 heterocycles. The molecular weight excluding hydrogens is 458 g/mol. The fourth-order valence-electron chi connectivity index (χ4n) is 3.92. The van der Waals surface area contributed by atoms with Crippen molar-refractivity contribution < 1.29 is 9.53 Å². The van der Waals surface area contributed by atoms with Crippen molar-refractivity contribution in [3.63, 3.8) is 0 Å². The van der Waals surface area contributed by atoms with Crippen molar-refractivity contribution in [1.29, 1.82) is 0 Å². The topological polar surface area (TPSA) is 71.8 Å². The fourth-order valence-corrected chi connectivity index (χ4v) is 5.15. The van der Waals surface area contributed by atoms with Crippen LogP contribution in [0.2, 0.25) is 5.02 Å². The summed E-state index contributed by atoms with van der Waals surface area (Å²) in [6.07, 6.45) is 7.95. The van der Waals surface area contributed by atoms with Crippen molar-refractivity contribution in [1.82, 2.24) is 19.7 Å². The van der Waals surface area contributed by atoms with Crippen LogP contribution in [0.15, 0.2) is 46.6 Å². The number of aryl methyl sites for hydroxylation is 1. The normalized spacial score (nSPS) is 17.1. The van der Waals surface area contributed by atoms with Gasteiger partial charge in [0.25, 0.3) is 0 Å². The van der Waals surface area contributed by atoms with Gasteiger partial charge in [0.2, 0.25) is 5.95 Å². The highest BCUT2D eigenvalue weighted by Gasteiger charge is 2.24. The van der Waals surface area contributed by atoms with Crippen LogP contribution in [0.5, 0.6) is 0 Å². The number of rotatable bonds is 4. The molecule has 9 heteroatoms. The highest BCUT2D eigenvalue weighted by molar-refractivity contribution is 7.99. The third-order valence-electron chi connectivity index (χ3n) is 5.48. The summed E-state index contributed by atoms with van der Waals surface area (Å²) in [6.45, 7) is 9.28. The number of carbonyl (C=O) groups is 1. The van der Waals surface area contributed by atoms with Crippen LogP contribution in [0.3, 0.4) is 0 Å². The van der Waals surface area contributed by atoms with Gasteiger partial charge in [-0.25, -0.2) is 14.8 Å². The Kier molecular flexibility index (Phi) is 7.05. The summed E-state index contributed by atoms with van der Waals surface area (Å²) >= 11 is 8.08. The lowest BCUT2D eigenvalue weighted by atomic mass is 10.1. The molecule has 1 saturated heterocycles. The molecule has 0 saturated carbocycles. The number of carbonyl (C=O) groups excluding carboxylic acids is 1. The van der Waals surface area contributed by atoms with Gasteiger partial charge in [-0.1, -0.05) is 35.5 Å². The Morgan fingerprint density at radius 3 is 2.82 bits per heavy atom. The van der Waals surface area contributed by atoms with Crippen LogP contribution in [-0.2, 0) is 4.74 Å². The number of aromatic nitrogens is 3. The molecule has 1 fully saturated rings. The minimum absolute atomic E-state index is 0.0846. The molecule has 0 radical (unpaired) electrons. The average molecular weight is 488 g/mol. The van der Waals surface area contributed by atoms with Gasteiger partial charge in [-0.05, 0) is 58.6 Å². The number of nitrogens with zero attached hydrogens (tertiary/aromatic N) is 4. The first-order valence-electron chi connectivity index (χ1n) is 11.2. The lowest BCUT2D eigenvalue weighted by molar-refractivity contribution is 0.0501. The van der Waals surface area contributed by atoms with Gasteiger partial charge >= 0.3 is 6.09 Å². The summed E-state index contributed by atoms with van der Waals surface area (Å²) in [5.41, 5.74) is 1.40. The van der Waals surface area contributed by atoms with E-state index in [1.807, 2.05) is 62.7 Å². The maximum absolute atomic E-state index is 12.2. The Morgan fingerprint density at radius 1 is 1.21 bits per heavy atom. The molecule has 1 aliphatic rings. The molecule has 1 amide bonds. The number of anilines is 1. The lowest BCUT2D eigenvalue weighted by Gasteiger charge is -2.24. The summed E-state index contributed by atoms with van der Waals surface area (Å²) in [5, 5.41) is 3.78. The Bertz CT molecular complexity index is 1140. The van der Waals surface area contributed by atoms with E-state index in [2.05, 4.69) is 15.2 Å². The zero-order valence-electron chi connectivity index (χ0n) is 19.5. The zero-order chi connectivity index (χ0) is 23.6. The summed E-state index contributed by atoms with van der Waals surface area (Å²) in [4.78, 5) is 25.8. The van der Waals surface area contributed by atoms with Gasteiger partial charge < -0.3 is 15.0 Å². The maximum Gasteiger partial charge on any atom is 0.407 e. The number of hydrogen-bond donors (Lipinski definition) is 1. The third kappa shape index (κ3) is 5.73. The third-order valence-corrected chi connectivity index (χ3v) is 7.16. The molecule has 33 heavy (non-hydrogen) atoms. The molecule has 2 aromatic heterocycles. The fraction of sp³-hybridized carbons (Fsp3) is 0.458. The molecule has 176 valence electrons. The largest absolute Gasteiger partial charge is 0.444 e. The number of nitrogens with one attached hydrogen (secondary N) is 1. The van der Waals surface area contributed by atoms with E-state index in [1.54, 1.807) is 18.0 Å². The number of fused-ring (bicyclic) bond motifs is 1. The van der Waals surface area contributed by atoms with Crippen LogP contribution in [0.25, 0.3) is 5.65 Å². The van der Waals surface area contributed by atoms with Crippen molar-refractivity contribution in [2.24, 2.45) is 0 Å². The summed E-state index contributed by atoms with van der Waals surface area (Å²) in [7, 11) is 0. The number of hydrogen-bond acceptors (Lipinski definition) is 6. The number of imidazole rings is 1. The number of ether oxygens (including phenoxy) is 1. The van der Waals surface area contributed by atoms with Crippen LogP contribution in [-0.4, -0.2) is 45.2 Å². The predicted octanol–water partition coefficient (Wildman–Crippen LogP) is 5.73. The molecule has 7 nitrogen and oxygen atoms in total. The number of amides is 1. The van der Waals surface area contributed by atoms with Gasteiger partial charge in [0.15, 0.2) is 5.65 Å². The molecule has 4 rings (SSSR count). The molecule has 1 atom stereocenters. The minimum Gasteiger partial charge on any atom is -0.444 e. The van der Waals surface area contributed by atoms with Crippen molar-refractivity contribution in [3.8, 4) is 0 Å². The highest BCUT2D eigenvalue weighted by Crippen LogP contribution is 2.37. The van der Waals surface area contributed by atoms with E-state index in [0.29, 0.717) is 0 Å². The molecular formula is C24H30ClN5O2S. The van der Waals surface area contributed by atoms with Crippen LogP contribution in [0, 0.1) is 6.92 Å². The quantitative estimate of drug-likeness (QED) is 0.507. The predicted molar refractivity (Wildman–Crippen MR) is 133 cm³/mol. The van der Waals surface area contributed by atoms with Crippen molar-refractivity contribution in [2.75, 3.05) is 18.0 Å². The average Bonchev–Trinajstić information content (AvgIpc) is 3.12. The van der Waals surface area contributed by atoms with Gasteiger partial charge in [-0.15, -0.1) is 0 Å². The minimum atomic E-state index is -0.500. The Balaban J connectivity index is 1.49. The van der Waals surface area contributed by atoms with E-state index >= 15 is 0 Å². The first-order chi connectivity index (χ1) is 15.7. The number of alkyl carbamates (subject to hydrolysis) is 1. The second-order valence-electron chi connectivity index (χ2n) is 9.29. The van der Waals surface area contributed by atoms with E-state index in [4.69, 9.17) is 21.3 Å². The standard InChI is InChI=1S/C24H30ClN5O2S/c1-16-7-5-9-18(20(16)25)33-19-15-27-22(30-14-11-26-21(19)30)29-12-6-8-17(10-13-29)28-23(31)32-24(2,3)4/h5,7,9,11,14-15,17H,6,8,10,12-13H2,1-4H3,(H,28,31). The first kappa shape index (κ1) is 23.7. The molecule has 1 unspecified atom stereocenters. The second kappa shape index (κ2) is 9.81. The Labute approximate surface area is 203 Å². The Hall–Kier alpha value is -2.45. The zero-order valence-corrected chi connectivity index (χ0v) is 21.0. The molecule has 3 aromatic rings. The van der Waals surface area contributed by atoms with Gasteiger partial charge in [0.05, 0.1) is 9.92 Å². The van der Waals surface area contributed by atoms with Crippen molar-refractivity contribution in [2.45, 2.75) is 68.4 Å². The summed E-state index contributed by atoms with van der Waals surface area (Å²) < 4.78 is 7.45. The molecule has 1 N–H and O–H groups in total. The van der Waals surface area contributed by atoms with E-state index in [-0.39, 0.29) is 12.1 Å². The number of benzene rings is 1. The van der Waals surface area contributed by atoms with Crippen LogP contribution in [0.4, 0.5) is 10.7 Å². The SMILES string of the molecule is Cc1cccc(Sc2cnc(N3CCCC(NC(=O)OC(C)(C)C)CC3)n3ccnc23)c1Cl. The van der Waals surface area contributed by atoms with Crippen LogP contribution < -0.4 is 10.2 Å². The summed E-state index contributed by atoms with van der Waals surface area (Å²) in [6, 6.07) is 6.11. The molecule has 0 spiro atoms. The molecule has 1 aliphatic heterocycles. The Morgan fingerprint density at radius 2 is 2.03 bits per heavy atom. The van der Waals surface area contributed by atoms with E-state index in [1.165, 1.54) is 0 Å². The molecule has 0 bridgehead atoms. The molecule has 0 aliphatic carbocycles. The van der Waals surface area contributed by atoms with Gasteiger partial charge in [-0.3, -0.25) is 4.40 Å². The first-order valence-corrected chi connectivity index (χ1v) is 12.4. The monoisotopic (exact) mass is 487 g/mol. The summed E-state index contributed by atoms with van der Waals surface area (Å²) in [5.74, 6) is 0.861. The number of halogens is 1. The van der Waals surface area contributed by atoms with Crippen molar-refractivity contribution in [3.05, 3.63) is 47.4 Å². The molecule has 1 aromatic carbocycles. The second-order valence-corrected chi connectivity index (χ2v) is 10.8. The van der Waals surface area contributed by atoms with Gasteiger partial charge in [0.1, 0.15) is 5.60 Å². The van der Waals surface area contributed by atoms with Crippen molar-refractivity contribution >= 4 is 41.1 Å². The van der Waals surface area contributed by atoms with E-state index < -0.39 is 5.60 Å². The van der Waals surface area contributed by atoms with Crippen LogP contribution >= 0.6 is 23.4 Å². The maximum atomic E-state index is 12.2. The smallest absolute Gasteiger partial charge is 0.407 e. The van der Waals surface area contributed by atoms with Crippen LogP contribution in [0.1, 0.15) is 45.6 Å². The van der Waals surface area contributed by atoms with E-state index in [9.17, 15) is 4.79 Å².